The van der Waals surface area contributed by atoms with Crippen molar-refractivity contribution in [3.05, 3.63) is 35.4 Å². The maximum absolute atomic E-state index is 13.7. The van der Waals surface area contributed by atoms with Gasteiger partial charge in [-0.05, 0) is 49.8 Å². The second-order valence-corrected chi connectivity index (χ2v) is 5.52. The maximum atomic E-state index is 13.7. The van der Waals surface area contributed by atoms with Crippen LogP contribution in [0, 0.1) is 17.6 Å². The third-order valence-electron chi connectivity index (χ3n) is 4.08. The quantitative estimate of drug-likeness (QED) is 0.848. The molecule has 1 nitrogen and oxygen atoms in total. The van der Waals surface area contributed by atoms with E-state index < -0.39 is 11.6 Å². The molecule has 0 aromatic heterocycles. The van der Waals surface area contributed by atoms with Crippen molar-refractivity contribution in [2.75, 3.05) is 6.54 Å². The number of rotatable bonds is 5. The molecule has 2 unspecified atom stereocenters. The fraction of sp³-hybridized carbons (Fsp3) is 0.625. The van der Waals surface area contributed by atoms with Crippen LogP contribution in [0.3, 0.4) is 0 Å². The van der Waals surface area contributed by atoms with Crippen LogP contribution in [0.4, 0.5) is 8.78 Å². The lowest BCUT2D eigenvalue weighted by Gasteiger charge is -2.32. The van der Waals surface area contributed by atoms with Gasteiger partial charge in [-0.1, -0.05) is 31.9 Å². The second kappa shape index (κ2) is 6.99. The molecule has 0 radical (unpaired) electrons. The summed E-state index contributed by atoms with van der Waals surface area (Å²) in [6, 6.07) is 4.96. The normalized spacial score (nSPS) is 23.5. The monoisotopic (exact) mass is 267 g/mol. The molecule has 0 aliphatic heterocycles. The molecule has 1 aromatic carbocycles. The molecule has 0 amide bonds. The summed E-state index contributed by atoms with van der Waals surface area (Å²) < 4.78 is 27.0. The Kier molecular flexibility index (Phi) is 5.32. The third-order valence-corrected chi connectivity index (χ3v) is 4.08. The topological polar surface area (TPSA) is 12.0 Å². The minimum absolute atomic E-state index is 0.427. The highest BCUT2D eigenvalue weighted by Crippen LogP contribution is 2.28. The van der Waals surface area contributed by atoms with Crippen LogP contribution in [0.15, 0.2) is 18.2 Å². The first-order valence-electron chi connectivity index (χ1n) is 7.38. The average Bonchev–Trinajstić information content (AvgIpc) is 2.43. The first kappa shape index (κ1) is 14.4. The molecule has 2 atom stereocenters. The lowest BCUT2D eigenvalue weighted by molar-refractivity contribution is 0.259. The summed E-state index contributed by atoms with van der Waals surface area (Å²) in [6.07, 6.45) is 6.46. The van der Waals surface area contributed by atoms with Crippen LogP contribution >= 0.6 is 0 Å². The van der Waals surface area contributed by atoms with E-state index in [1.54, 1.807) is 12.1 Å². The molecular weight excluding hydrogens is 244 g/mol. The van der Waals surface area contributed by atoms with Crippen molar-refractivity contribution in [1.29, 1.82) is 0 Å². The van der Waals surface area contributed by atoms with Crippen molar-refractivity contribution in [1.82, 2.24) is 5.32 Å². The highest BCUT2D eigenvalue weighted by atomic mass is 19.2. The fourth-order valence-corrected chi connectivity index (χ4v) is 3.04. The molecule has 2 rings (SSSR count). The van der Waals surface area contributed by atoms with Gasteiger partial charge in [0.15, 0.2) is 11.6 Å². The smallest absolute Gasteiger partial charge is 0.162 e. The Hall–Kier alpha value is -0.960. The minimum Gasteiger partial charge on any atom is -0.314 e. The zero-order valence-corrected chi connectivity index (χ0v) is 11.6. The van der Waals surface area contributed by atoms with Crippen molar-refractivity contribution in [2.45, 2.75) is 51.5 Å². The Balaban J connectivity index is 2.04. The number of hydrogen-bond donors (Lipinski definition) is 1. The average molecular weight is 267 g/mol. The minimum atomic E-state index is -0.730. The van der Waals surface area contributed by atoms with Gasteiger partial charge in [-0.15, -0.1) is 0 Å². The standard InChI is InChI=1S/C16H23F2N/c1-2-10-19-15-9-4-3-6-12(15)11-13-7-5-8-14(17)16(13)18/h5,7-8,12,15,19H,2-4,6,9-11H2,1H3. The van der Waals surface area contributed by atoms with Crippen LogP contribution in [-0.2, 0) is 6.42 Å². The van der Waals surface area contributed by atoms with E-state index in [4.69, 9.17) is 0 Å². The summed E-state index contributed by atoms with van der Waals surface area (Å²) in [7, 11) is 0. The molecule has 0 saturated heterocycles. The predicted molar refractivity (Wildman–Crippen MR) is 74.1 cm³/mol. The van der Waals surface area contributed by atoms with Gasteiger partial charge >= 0.3 is 0 Å². The van der Waals surface area contributed by atoms with Gasteiger partial charge in [-0.3, -0.25) is 0 Å². The Morgan fingerprint density at radius 2 is 2.00 bits per heavy atom. The summed E-state index contributed by atoms with van der Waals surface area (Å²) in [5, 5.41) is 3.56. The van der Waals surface area contributed by atoms with Crippen molar-refractivity contribution in [2.24, 2.45) is 5.92 Å². The van der Waals surface area contributed by atoms with Gasteiger partial charge in [0.25, 0.3) is 0 Å². The van der Waals surface area contributed by atoms with Gasteiger partial charge in [0, 0.05) is 6.04 Å². The van der Waals surface area contributed by atoms with Gasteiger partial charge in [-0.25, -0.2) is 8.78 Å². The van der Waals surface area contributed by atoms with Crippen LogP contribution < -0.4 is 5.32 Å². The third kappa shape index (κ3) is 3.75. The molecule has 0 spiro atoms. The van der Waals surface area contributed by atoms with Crippen LogP contribution in [0.25, 0.3) is 0 Å². The highest BCUT2D eigenvalue weighted by Gasteiger charge is 2.25. The van der Waals surface area contributed by atoms with Gasteiger partial charge in [-0.2, -0.15) is 0 Å². The molecule has 1 aromatic rings. The van der Waals surface area contributed by atoms with Crippen molar-refractivity contribution in [3.8, 4) is 0 Å². The van der Waals surface area contributed by atoms with E-state index in [-0.39, 0.29) is 0 Å². The van der Waals surface area contributed by atoms with Crippen LogP contribution in [0.1, 0.15) is 44.6 Å². The Bertz CT molecular complexity index is 406. The number of benzene rings is 1. The second-order valence-electron chi connectivity index (χ2n) is 5.52. The molecule has 0 bridgehead atoms. The summed E-state index contributed by atoms with van der Waals surface area (Å²) in [5.74, 6) is -0.967. The zero-order valence-electron chi connectivity index (χ0n) is 11.6. The van der Waals surface area contributed by atoms with Gasteiger partial charge < -0.3 is 5.32 Å². The Morgan fingerprint density at radius 1 is 1.21 bits per heavy atom. The molecule has 1 aliphatic rings. The van der Waals surface area contributed by atoms with E-state index in [2.05, 4.69) is 12.2 Å². The summed E-state index contributed by atoms with van der Waals surface area (Å²) >= 11 is 0. The van der Waals surface area contributed by atoms with Gasteiger partial charge in [0.1, 0.15) is 0 Å². The highest BCUT2D eigenvalue weighted by molar-refractivity contribution is 5.20. The molecule has 1 N–H and O–H groups in total. The Morgan fingerprint density at radius 3 is 2.79 bits per heavy atom. The molecule has 1 saturated carbocycles. The van der Waals surface area contributed by atoms with Gasteiger partial charge in [0.2, 0.25) is 0 Å². The van der Waals surface area contributed by atoms with Crippen molar-refractivity contribution >= 4 is 0 Å². The molecule has 1 fully saturated rings. The number of hydrogen-bond acceptors (Lipinski definition) is 1. The molecule has 0 heterocycles. The van der Waals surface area contributed by atoms with E-state index in [1.807, 2.05) is 0 Å². The van der Waals surface area contributed by atoms with Gasteiger partial charge in [0.05, 0.1) is 0 Å². The first-order chi connectivity index (χ1) is 9.22. The Labute approximate surface area is 114 Å². The molecular formula is C16H23F2N. The first-order valence-corrected chi connectivity index (χ1v) is 7.38. The predicted octanol–water partition coefficient (Wildman–Crippen LogP) is 4.07. The maximum Gasteiger partial charge on any atom is 0.162 e. The largest absolute Gasteiger partial charge is 0.314 e. The lowest BCUT2D eigenvalue weighted by Crippen LogP contribution is -2.40. The molecule has 106 valence electrons. The zero-order chi connectivity index (χ0) is 13.7. The van der Waals surface area contributed by atoms with E-state index >= 15 is 0 Å². The van der Waals surface area contributed by atoms with Crippen molar-refractivity contribution < 1.29 is 8.78 Å². The van der Waals surface area contributed by atoms with E-state index in [0.717, 1.165) is 25.8 Å². The number of halogens is 2. The van der Waals surface area contributed by atoms with Crippen molar-refractivity contribution in [3.63, 3.8) is 0 Å². The molecule has 1 aliphatic carbocycles. The molecule has 19 heavy (non-hydrogen) atoms. The summed E-state index contributed by atoms with van der Waals surface area (Å²) in [4.78, 5) is 0. The summed E-state index contributed by atoms with van der Waals surface area (Å²) in [5.41, 5.74) is 0.523. The van der Waals surface area contributed by atoms with E-state index in [0.29, 0.717) is 23.9 Å². The SMILES string of the molecule is CCCNC1CCCCC1Cc1cccc(F)c1F. The van der Waals surface area contributed by atoms with E-state index in [9.17, 15) is 8.78 Å². The summed E-state index contributed by atoms with van der Waals surface area (Å²) in [6.45, 7) is 3.16. The molecule has 3 heteroatoms. The van der Waals surface area contributed by atoms with Crippen LogP contribution in [-0.4, -0.2) is 12.6 Å². The van der Waals surface area contributed by atoms with Crippen LogP contribution in [0.2, 0.25) is 0 Å². The number of nitrogens with one attached hydrogen (secondary N) is 1. The fourth-order valence-electron chi connectivity index (χ4n) is 3.04. The van der Waals surface area contributed by atoms with E-state index in [1.165, 1.54) is 18.9 Å². The van der Waals surface area contributed by atoms with Crippen LogP contribution in [0.5, 0.6) is 0 Å². The lowest BCUT2D eigenvalue weighted by atomic mass is 9.80.